The second-order valence-electron chi connectivity index (χ2n) is 17.7. The molecular weight excluding hydrogens is 727 g/mol. The smallest absolute Gasteiger partial charge is 0.220 e. The highest BCUT2D eigenvalue weighted by molar-refractivity contribution is 5.76. The Hall–Kier alpha value is -1.69. The van der Waals surface area contributed by atoms with Crippen LogP contribution in [0.15, 0.2) is 48.6 Å². The summed E-state index contributed by atoms with van der Waals surface area (Å²) in [6.45, 7) is 4.08. The monoisotopic (exact) mass is 828 g/mol. The maximum Gasteiger partial charge on any atom is 0.220 e. The lowest BCUT2D eigenvalue weighted by Gasteiger charge is -2.26. The normalized spacial score (nSPS) is 13.8. The number of carbonyl (C=O) groups is 1. The van der Waals surface area contributed by atoms with E-state index in [4.69, 9.17) is 0 Å². The summed E-state index contributed by atoms with van der Waals surface area (Å²) in [6.07, 6.45) is 63.9. The van der Waals surface area contributed by atoms with Gasteiger partial charge in [0.2, 0.25) is 5.91 Å². The standard InChI is InChI=1S/C54H101NO4/c1-3-5-7-9-11-13-15-17-19-21-23-25-26-27-29-30-32-34-36-38-40-42-44-46-48-52(57)54(59)51(50-56)55-53(58)49-47-45-43-41-39-37-35-33-31-28-24-22-20-18-16-14-12-10-8-6-4-2/h6,8,12,14,32,34,40,42,51-52,54,56-57,59H,3-5,7,9-11,13,15-31,33,35-39,41,43-50H2,1-2H3,(H,55,58)/b8-6-,14-12-,34-32+,42-40+. The highest BCUT2D eigenvalue weighted by Crippen LogP contribution is 2.16. The molecule has 346 valence electrons. The first-order valence-corrected chi connectivity index (χ1v) is 25.9. The Morgan fingerprint density at radius 1 is 0.441 bits per heavy atom. The summed E-state index contributed by atoms with van der Waals surface area (Å²) in [4.78, 5) is 12.5. The second-order valence-corrected chi connectivity index (χ2v) is 17.7. The van der Waals surface area contributed by atoms with E-state index in [0.717, 1.165) is 57.8 Å². The number of amides is 1. The molecule has 0 saturated heterocycles. The maximum atomic E-state index is 12.5. The first-order valence-electron chi connectivity index (χ1n) is 25.9. The highest BCUT2D eigenvalue weighted by Gasteiger charge is 2.26. The van der Waals surface area contributed by atoms with Crippen molar-refractivity contribution in [2.75, 3.05) is 6.61 Å². The number of nitrogens with one attached hydrogen (secondary N) is 1. The van der Waals surface area contributed by atoms with E-state index in [2.05, 4.69) is 67.8 Å². The molecule has 5 heteroatoms. The van der Waals surface area contributed by atoms with Crippen LogP contribution in [0.25, 0.3) is 0 Å². The van der Waals surface area contributed by atoms with Crippen molar-refractivity contribution in [3.8, 4) is 0 Å². The second kappa shape index (κ2) is 49.0. The van der Waals surface area contributed by atoms with E-state index < -0.39 is 18.2 Å². The van der Waals surface area contributed by atoms with E-state index in [0.29, 0.717) is 12.8 Å². The molecular formula is C54H101NO4. The van der Waals surface area contributed by atoms with E-state index in [1.54, 1.807) is 0 Å². The topological polar surface area (TPSA) is 89.8 Å². The lowest BCUT2D eigenvalue weighted by atomic mass is 10.0. The Balaban J connectivity index is 3.63. The Morgan fingerprint density at radius 2 is 0.797 bits per heavy atom. The van der Waals surface area contributed by atoms with Gasteiger partial charge < -0.3 is 20.6 Å². The van der Waals surface area contributed by atoms with Gasteiger partial charge in [0.05, 0.1) is 18.8 Å². The van der Waals surface area contributed by atoms with Crippen molar-refractivity contribution < 1.29 is 20.1 Å². The number of carbonyl (C=O) groups excluding carboxylic acids is 1. The summed E-state index contributed by atoms with van der Waals surface area (Å²) in [5.74, 6) is -0.158. The molecule has 3 atom stereocenters. The van der Waals surface area contributed by atoms with Crippen LogP contribution in [0.3, 0.4) is 0 Å². The third-order valence-corrected chi connectivity index (χ3v) is 11.9. The van der Waals surface area contributed by atoms with Crippen LogP contribution in [0, 0.1) is 0 Å². The Bertz CT molecular complexity index is 958. The van der Waals surface area contributed by atoms with Gasteiger partial charge >= 0.3 is 0 Å². The summed E-state index contributed by atoms with van der Waals surface area (Å²) in [7, 11) is 0. The number of hydrogen-bond acceptors (Lipinski definition) is 4. The molecule has 0 radical (unpaired) electrons. The van der Waals surface area contributed by atoms with Gasteiger partial charge in [-0.05, 0) is 77.0 Å². The van der Waals surface area contributed by atoms with Crippen LogP contribution in [-0.2, 0) is 4.79 Å². The van der Waals surface area contributed by atoms with E-state index in [9.17, 15) is 20.1 Å². The van der Waals surface area contributed by atoms with Crippen molar-refractivity contribution in [3.63, 3.8) is 0 Å². The van der Waals surface area contributed by atoms with E-state index >= 15 is 0 Å². The Morgan fingerprint density at radius 3 is 1.22 bits per heavy atom. The third-order valence-electron chi connectivity index (χ3n) is 11.9. The van der Waals surface area contributed by atoms with Crippen LogP contribution in [-0.4, -0.2) is 46.1 Å². The largest absolute Gasteiger partial charge is 0.394 e. The quantitative estimate of drug-likeness (QED) is 0.0363. The number of allylic oxidation sites excluding steroid dienone is 8. The van der Waals surface area contributed by atoms with Gasteiger partial charge in [-0.1, -0.05) is 229 Å². The highest BCUT2D eigenvalue weighted by atomic mass is 16.3. The molecule has 0 spiro atoms. The van der Waals surface area contributed by atoms with Gasteiger partial charge in [-0.3, -0.25) is 4.79 Å². The predicted octanol–water partition coefficient (Wildman–Crippen LogP) is 15.7. The molecule has 0 aliphatic rings. The molecule has 0 aromatic carbocycles. The van der Waals surface area contributed by atoms with Crippen LogP contribution in [0.2, 0.25) is 0 Å². The fourth-order valence-electron chi connectivity index (χ4n) is 7.92. The van der Waals surface area contributed by atoms with Gasteiger partial charge in [0, 0.05) is 6.42 Å². The zero-order chi connectivity index (χ0) is 43.0. The fraction of sp³-hybridized carbons (Fsp3) is 0.833. The maximum absolute atomic E-state index is 12.5. The molecule has 0 aromatic rings. The van der Waals surface area contributed by atoms with Crippen molar-refractivity contribution in [2.24, 2.45) is 0 Å². The Kier molecular flexibility index (Phi) is 47.6. The van der Waals surface area contributed by atoms with Gasteiger partial charge in [-0.15, -0.1) is 0 Å². The lowest BCUT2D eigenvalue weighted by molar-refractivity contribution is -0.124. The molecule has 1 amide bonds. The number of aliphatic hydroxyl groups is 3. The first kappa shape index (κ1) is 57.3. The van der Waals surface area contributed by atoms with Crippen molar-refractivity contribution in [3.05, 3.63) is 48.6 Å². The minimum absolute atomic E-state index is 0.158. The van der Waals surface area contributed by atoms with Crippen molar-refractivity contribution >= 4 is 5.91 Å². The van der Waals surface area contributed by atoms with E-state index in [1.807, 2.05) is 0 Å². The molecule has 59 heavy (non-hydrogen) atoms. The molecule has 0 rings (SSSR count). The average molecular weight is 828 g/mol. The molecule has 0 aromatic heterocycles. The zero-order valence-corrected chi connectivity index (χ0v) is 39.4. The number of hydrogen-bond donors (Lipinski definition) is 4. The average Bonchev–Trinajstić information content (AvgIpc) is 3.24. The summed E-state index contributed by atoms with van der Waals surface area (Å²) >= 11 is 0. The van der Waals surface area contributed by atoms with Crippen molar-refractivity contribution in [2.45, 2.75) is 283 Å². The fourth-order valence-corrected chi connectivity index (χ4v) is 7.92. The molecule has 0 aliphatic carbocycles. The van der Waals surface area contributed by atoms with Gasteiger partial charge in [0.15, 0.2) is 0 Å². The molecule has 3 unspecified atom stereocenters. The summed E-state index contributed by atoms with van der Waals surface area (Å²) in [6, 6.07) is -0.834. The molecule has 0 saturated carbocycles. The minimum Gasteiger partial charge on any atom is -0.394 e. The molecule has 0 aliphatic heterocycles. The van der Waals surface area contributed by atoms with Crippen molar-refractivity contribution in [1.29, 1.82) is 0 Å². The molecule has 0 fully saturated rings. The molecule has 0 bridgehead atoms. The van der Waals surface area contributed by atoms with Crippen LogP contribution < -0.4 is 5.32 Å². The first-order chi connectivity index (χ1) is 29.1. The van der Waals surface area contributed by atoms with Gasteiger partial charge in [-0.25, -0.2) is 0 Å². The molecule has 5 nitrogen and oxygen atoms in total. The Labute approximate surface area is 367 Å². The number of unbranched alkanes of at least 4 members (excludes halogenated alkanes) is 31. The van der Waals surface area contributed by atoms with Crippen LogP contribution in [0.5, 0.6) is 0 Å². The van der Waals surface area contributed by atoms with E-state index in [-0.39, 0.29) is 12.5 Å². The zero-order valence-electron chi connectivity index (χ0n) is 39.4. The summed E-state index contributed by atoms with van der Waals surface area (Å²) in [5, 5.41) is 33.7. The van der Waals surface area contributed by atoms with Crippen LogP contribution in [0.4, 0.5) is 0 Å². The summed E-state index contributed by atoms with van der Waals surface area (Å²) in [5.41, 5.74) is 0. The van der Waals surface area contributed by atoms with Gasteiger partial charge in [0.1, 0.15) is 6.10 Å². The van der Waals surface area contributed by atoms with Crippen LogP contribution in [0.1, 0.15) is 264 Å². The SMILES string of the molecule is CC/C=C\C/C=C\CCCCCCCCCCCCCCCCC(=O)NC(CO)C(O)C(O)CCC/C=C/CC/C=C/CCCCCCCCCCCCCCCCC. The molecule has 4 N–H and O–H groups in total. The lowest BCUT2D eigenvalue weighted by Crippen LogP contribution is -2.50. The number of rotatable bonds is 47. The van der Waals surface area contributed by atoms with Crippen LogP contribution >= 0.6 is 0 Å². The van der Waals surface area contributed by atoms with Gasteiger partial charge in [0.25, 0.3) is 0 Å². The molecule has 0 heterocycles. The van der Waals surface area contributed by atoms with Crippen molar-refractivity contribution in [1.82, 2.24) is 5.32 Å². The summed E-state index contributed by atoms with van der Waals surface area (Å²) < 4.78 is 0. The third kappa shape index (κ3) is 44.2. The van der Waals surface area contributed by atoms with Gasteiger partial charge in [-0.2, -0.15) is 0 Å². The van der Waals surface area contributed by atoms with E-state index in [1.165, 1.54) is 180 Å². The minimum atomic E-state index is -1.17. The number of aliphatic hydroxyl groups excluding tert-OH is 3. The predicted molar refractivity (Wildman–Crippen MR) is 259 cm³/mol.